The third-order valence-corrected chi connectivity index (χ3v) is 8.21. The second-order valence-corrected chi connectivity index (χ2v) is 11.2. The van der Waals surface area contributed by atoms with Crippen molar-refractivity contribution in [2.24, 2.45) is 5.14 Å². The Morgan fingerprint density at radius 2 is 1.59 bits per heavy atom. The minimum absolute atomic E-state index is 0.0270. The molecule has 2 heterocycles. The van der Waals surface area contributed by atoms with E-state index in [1.165, 1.54) is 42.7 Å². The smallest absolute Gasteiger partial charge is 0.252 e. The summed E-state index contributed by atoms with van der Waals surface area (Å²) in [6.07, 6.45) is 0.995. The number of imide groups is 1. The molecule has 178 valence electrons. The summed E-state index contributed by atoms with van der Waals surface area (Å²) in [7, 11) is -8.15. The van der Waals surface area contributed by atoms with Crippen LogP contribution in [0, 0.1) is 6.92 Å². The van der Waals surface area contributed by atoms with Crippen LogP contribution in [0.5, 0.6) is 0 Å². The molecule has 1 aliphatic heterocycles. The largest absolute Gasteiger partial charge is 0.468 e. The van der Waals surface area contributed by atoms with Gasteiger partial charge in [-0.15, -0.1) is 0 Å². The topological polar surface area (TPSA) is 148 Å². The van der Waals surface area contributed by atoms with Gasteiger partial charge < -0.3 is 4.42 Å². The molecule has 2 aromatic carbocycles. The van der Waals surface area contributed by atoms with E-state index in [0.717, 1.165) is 14.8 Å². The van der Waals surface area contributed by atoms with E-state index in [4.69, 9.17) is 9.56 Å². The van der Waals surface area contributed by atoms with Crippen LogP contribution in [0.2, 0.25) is 0 Å². The SMILES string of the molecule is Cc1ccc(S(=O)(=O)N(Cc2ccco2)C2CC(=O)N(c3ccc(S(N)(=O)=O)cc3)C2=O)cc1. The van der Waals surface area contributed by atoms with Crippen molar-refractivity contribution < 1.29 is 30.8 Å². The van der Waals surface area contributed by atoms with Crippen LogP contribution in [0.15, 0.2) is 81.1 Å². The lowest BCUT2D eigenvalue weighted by Gasteiger charge is -2.26. The quantitative estimate of drug-likeness (QED) is 0.483. The van der Waals surface area contributed by atoms with Crippen molar-refractivity contribution in [3.8, 4) is 0 Å². The number of anilines is 1. The average Bonchev–Trinajstić information content (AvgIpc) is 3.39. The molecule has 34 heavy (non-hydrogen) atoms. The van der Waals surface area contributed by atoms with Crippen molar-refractivity contribution >= 4 is 37.5 Å². The number of amides is 2. The lowest BCUT2D eigenvalue weighted by atomic mass is 10.2. The molecule has 0 saturated carbocycles. The van der Waals surface area contributed by atoms with Crippen molar-refractivity contribution in [3.63, 3.8) is 0 Å². The molecule has 0 radical (unpaired) electrons. The highest BCUT2D eigenvalue weighted by molar-refractivity contribution is 7.89. The Bertz CT molecular complexity index is 1430. The van der Waals surface area contributed by atoms with E-state index in [9.17, 15) is 26.4 Å². The van der Waals surface area contributed by atoms with Crippen molar-refractivity contribution in [1.82, 2.24) is 4.31 Å². The Hall–Kier alpha value is -3.32. The Balaban J connectivity index is 1.71. The fraction of sp³-hybridized carbons (Fsp3) is 0.182. The van der Waals surface area contributed by atoms with Gasteiger partial charge in [-0.3, -0.25) is 9.59 Å². The number of primary sulfonamides is 1. The van der Waals surface area contributed by atoms with Gasteiger partial charge in [-0.05, 0) is 55.5 Å². The predicted molar refractivity (Wildman–Crippen MR) is 121 cm³/mol. The normalized spacial score (nSPS) is 17.0. The Morgan fingerprint density at radius 3 is 2.15 bits per heavy atom. The molecular formula is C22H21N3O7S2. The number of hydrogen-bond donors (Lipinski definition) is 1. The third kappa shape index (κ3) is 4.53. The number of benzene rings is 2. The molecule has 2 amide bonds. The first kappa shape index (κ1) is 23.8. The van der Waals surface area contributed by atoms with Gasteiger partial charge in [0.1, 0.15) is 11.8 Å². The maximum Gasteiger partial charge on any atom is 0.252 e. The Labute approximate surface area is 196 Å². The molecule has 10 nitrogen and oxygen atoms in total. The number of hydrogen-bond acceptors (Lipinski definition) is 7. The van der Waals surface area contributed by atoms with Crippen molar-refractivity contribution in [1.29, 1.82) is 0 Å². The predicted octanol–water partition coefficient (Wildman–Crippen LogP) is 1.76. The van der Waals surface area contributed by atoms with Crippen molar-refractivity contribution in [2.75, 3.05) is 4.90 Å². The highest BCUT2D eigenvalue weighted by Gasteiger charge is 2.47. The van der Waals surface area contributed by atoms with Gasteiger partial charge in [0, 0.05) is 0 Å². The van der Waals surface area contributed by atoms with Crippen LogP contribution >= 0.6 is 0 Å². The molecule has 0 bridgehead atoms. The minimum atomic E-state index is -4.19. The Morgan fingerprint density at radius 1 is 0.971 bits per heavy atom. The van der Waals surface area contributed by atoms with Crippen LogP contribution in [-0.4, -0.2) is 39.0 Å². The highest BCUT2D eigenvalue weighted by atomic mass is 32.2. The number of carbonyl (C=O) groups is 2. The van der Waals surface area contributed by atoms with E-state index in [1.807, 2.05) is 6.92 Å². The van der Waals surface area contributed by atoms with Crippen LogP contribution in [-0.2, 0) is 36.2 Å². The molecule has 0 spiro atoms. The average molecular weight is 504 g/mol. The van der Waals surface area contributed by atoms with Gasteiger partial charge in [-0.2, -0.15) is 4.31 Å². The molecular weight excluding hydrogens is 482 g/mol. The van der Waals surface area contributed by atoms with Crippen molar-refractivity contribution in [2.45, 2.75) is 35.7 Å². The van der Waals surface area contributed by atoms with Crippen LogP contribution in [0.4, 0.5) is 5.69 Å². The van der Waals surface area contributed by atoms with Gasteiger partial charge in [0.05, 0.1) is 34.7 Å². The molecule has 2 N–H and O–H groups in total. The molecule has 0 aliphatic carbocycles. The van der Waals surface area contributed by atoms with E-state index in [0.29, 0.717) is 5.76 Å². The van der Waals surface area contributed by atoms with Gasteiger partial charge in [-0.1, -0.05) is 17.7 Å². The number of furan rings is 1. The fourth-order valence-electron chi connectivity index (χ4n) is 3.66. The van der Waals surface area contributed by atoms with Crippen molar-refractivity contribution in [3.05, 3.63) is 78.3 Å². The maximum atomic E-state index is 13.5. The van der Waals surface area contributed by atoms with E-state index >= 15 is 0 Å². The van der Waals surface area contributed by atoms with Crippen LogP contribution in [0.1, 0.15) is 17.7 Å². The first-order chi connectivity index (χ1) is 16.0. The molecule has 1 aromatic heterocycles. The van der Waals surface area contributed by atoms with Crippen LogP contribution in [0.25, 0.3) is 0 Å². The summed E-state index contributed by atoms with van der Waals surface area (Å²) in [5.74, 6) is -1.08. The first-order valence-electron chi connectivity index (χ1n) is 10.1. The van der Waals surface area contributed by atoms with E-state index in [1.54, 1.807) is 24.3 Å². The van der Waals surface area contributed by atoms with Gasteiger partial charge in [0.2, 0.25) is 26.0 Å². The van der Waals surface area contributed by atoms with Gasteiger partial charge in [-0.25, -0.2) is 26.9 Å². The number of aryl methyl sites for hydroxylation is 1. The monoisotopic (exact) mass is 503 g/mol. The number of nitrogens with two attached hydrogens (primary N) is 1. The highest BCUT2D eigenvalue weighted by Crippen LogP contribution is 2.31. The zero-order valence-electron chi connectivity index (χ0n) is 18.0. The van der Waals surface area contributed by atoms with Gasteiger partial charge in [0.25, 0.3) is 5.91 Å². The lowest BCUT2D eigenvalue weighted by molar-refractivity contribution is -0.122. The summed E-state index contributed by atoms with van der Waals surface area (Å²) in [5, 5.41) is 5.10. The molecule has 1 atom stereocenters. The standard InChI is InChI=1S/C22H21N3O7S2/c1-15-4-8-19(9-5-15)34(30,31)24(14-17-3-2-12-32-17)20-13-21(26)25(22(20)27)16-6-10-18(11-7-16)33(23,28)29/h2-12,20H,13-14H2,1H3,(H2,23,28,29). The lowest BCUT2D eigenvalue weighted by Crippen LogP contribution is -2.45. The summed E-state index contributed by atoms with van der Waals surface area (Å²) in [4.78, 5) is 26.8. The van der Waals surface area contributed by atoms with E-state index in [2.05, 4.69) is 0 Å². The number of rotatable bonds is 7. The van der Waals surface area contributed by atoms with Gasteiger partial charge in [0.15, 0.2) is 0 Å². The van der Waals surface area contributed by atoms with Crippen LogP contribution in [0.3, 0.4) is 0 Å². The molecule has 4 rings (SSSR count). The molecule has 1 unspecified atom stereocenters. The summed E-state index contributed by atoms with van der Waals surface area (Å²) in [6, 6.07) is 12.9. The minimum Gasteiger partial charge on any atom is -0.468 e. The zero-order valence-corrected chi connectivity index (χ0v) is 19.6. The number of nitrogens with zero attached hydrogens (tertiary/aromatic N) is 2. The molecule has 1 saturated heterocycles. The van der Waals surface area contributed by atoms with E-state index < -0.39 is 37.9 Å². The zero-order chi connectivity index (χ0) is 24.7. The third-order valence-electron chi connectivity index (χ3n) is 5.41. The fourth-order valence-corrected chi connectivity index (χ4v) is 5.72. The summed E-state index contributed by atoms with van der Waals surface area (Å²) < 4.78 is 56.3. The summed E-state index contributed by atoms with van der Waals surface area (Å²) in [5.41, 5.74) is 0.966. The molecule has 1 aliphatic rings. The molecule has 12 heteroatoms. The first-order valence-corrected chi connectivity index (χ1v) is 13.1. The van der Waals surface area contributed by atoms with Crippen LogP contribution < -0.4 is 10.0 Å². The molecule has 3 aromatic rings. The van der Waals surface area contributed by atoms with Gasteiger partial charge >= 0.3 is 0 Å². The maximum absolute atomic E-state index is 13.5. The second-order valence-electron chi connectivity index (χ2n) is 7.77. The second kappa shape index (κ2) is 8.80. The Kier molecular flexibility index (Phi) is 6.16. The summed E-state index contributed by atoms with van der Waals surface area (Å²) >= 11 is 0. The number of sulfonamides is 2. The molecule has 1 fully saturated rings. The number of carbonyl (C=O) groups excluding carboxylic acids is 2. The van der Waals surface area contributed by atoms with E-state index in [-0.39, 0.29) is 28.4 Å². The summed E-state index contributed by atoms with van der Waals surface area (Å²) in [6.45, 7) is 1.56.